The SMILES string of the molecule is CCOc1ccccc1CCCNC(=O)CN(c1ccc(F)cc1)S(C)(=O)=O. The van der Waals surface area contributed by atoms with Gasteiger partial charge in [-0.05, 0) is 55.7 Å². The van der Waals surface area contributed by atoms with Crippen molar-refractivity contribution in [3.05, 3.63) is 59.9 Å². The van der Waals surface area contributed by atoms with E-state index in [1.54, 1.807) is 0 Å². The van der Waals surface area contributed by atoms with Crippen LogP contribution in [0.25, 0.3) is 0 Å². The highest BCUT2D eigenvalue weighted by Gasteiger charge is 2.20. The molecule has 0 radical (unpaired) electrons. The van der Waals surface area contributed by atoms with Gasteiger partial charge in [-0.3, -0.25) is 9.10 Å². The molecular weight excluding hydrogens is 383 g/mol. The van der Waals surface area contributed by atoms with Gasteiger partial charge in [-0.15, -0.1) is 0 Å². The summed E-state index contributed by atoms with van der Waals surface area (Å²) in [5, 5.41) is 2.73. The first-order valence-electron chi connectivity index (χ1n) is 9.02. The molecule has 8 heteroatoms. The van der Waals surface area contributed by atoms with Crippen LogP contribution in [0.3, 0.4) is 0 Å². The molecule has 0 saturated heterocycles. The van der Waals surface area contributed by atoms with Crippen LogP contribution in [-0.4, -0.2) is 40.3 Å². The Hall–Kier alpha value is -2.61. The number of rotatable bonds is 10. The number of amides is 1. The number of hydrogen-bond donors (Lipinski definition) is 1. The van der Waals surface area contributed by atoms with Gasteiger partial charge in [0.15, 0.2) is 0 Å². The van der Waals surface area contributed by atoms with E-state index in [-0.39, 0.29) is 12.2 Å². The summed E-state index contributed by atoms with van der Waals surface area (Å²) >= 11 is 0. The second-order valence-electron chi connectivity index (χ2n) is 6.24. The number of ether oxygens (including phenoxy) is 1. The Kier molecular flexibility index (Phi) is 7.80. The van der Waals surface area contributed by atoms with Gasteiger partial charge in [0.25, 0.3) is 0 Å². The Bertz CT molecular complexity index is 885. The normalized spacial score (nSPS) is 11.1. The van der Waals surface area contributed by atoms with E-state index in [9.17, 15) is 17.6 Å². The minimum atomic E-state index is -3.68. The molecule has 0 heterocycles. The number of nitrogens with zero attached hydrogens (tertiary/aromatic N) is 1. The average Bonchev–Trinajstić information content (AvgIpc) is 2.65. The first-order chi connectivity index (χ1) is 13.3. The van der Waals surface area contributed by atoms with Crippen LogP contribution in [-0.2, 0) is 21.2 Å². The van der Waals surface area contributed by atoms with Gasteiger partial charge in [-0.25, -0.2) is 12.8 Å². The molecular formula is C20H25FN2O4S. The molecule has 152 valence electrons. The average molecular weight is 408 g/mol. The third-order valence-corrected chi connectivity index (χ3v) is 5.16. The topological polar surface area (TPSA) is 75.7 Å². The van der Waals surface area contributed by atoms with Crippen molar-refractivity contribution in [1.82, 2.24) is 5.32 Å². The van der Waals surface area contributed by atoms with Crippen LogP contribution in [0.2, 0.25) is 0 Å². The molecule has 0 aliphatic rings. The highest BCUT2D eigenvalue weighted by Crippen LogP contribution is 2.19. The highest BCUT2D eigenvalue weighted by atomic mass is 32.2. The lowest BCUT2D eigenvalue weighted by Gasteiger charge is -2.21. The quantitative estimate of drug-likeness (QED) is 0.614. The van der Waals surface area contributed by atoms with Crippen molar-refractivity contribution in [3.63, 3.8) is 0 Å². The summed E-state index contributed by atoms with van der Waals surface area (Å²) < 4.78 is 43.6. The highest BCUT2D eigenvalue weighted by molar-refractivity contribution is 7.92. The molecule has 2 aromatic carbocycles. The van der Waals surface area contributed by atoms with Crippen LogP contribution in [0.15, 0.2) is 48.5 Å². The first kappa shape index (κ1) is 21.7. The Labute approximate surface area is 165 Å². The Balaban J connectivity index is 1.89. The fourth-order valence-corrected chi connectivity index (χ4v) is 3.56. The van der Waals surface area contributed by atoms with Crippen LogP contribution in [0.5, 0.6) is 5.75 Å². The summed E-state index contributed by atoms with van der Waals surface area (Å²) in [5.41, 5.74) is 1.30. The Morgan fingerprint density at radius 2 is 1.82 bits per heavy atom. The van der Waals surface area contributed by atoms with E-state index in [0.717, 1.165) is 40.4 Å². The van der Waals surface area contributed by atoms with Gasteiger partial charge in [0.2, 0.25) is 15.9 Å². The minimum absolute atomic E-state index is 0.240. The fourth-order valence-electron chi connectivity index (χ4n) is 2.71. The predicted molar refractivity (Wildman–Crippen MR) is 108 cm³/mol. The lowest BCUT2D eigenvalue weighted by Crippen LogP contribution is -2.40. The van der Waals surface area contributed by atoms with Gasteiger partial charge >= 0.3 is 0 Å². The summed E-state index contributed by atoms with van der Waals surface area (Å²) in [5.74, 6) is -0.0716. The summed E-state index contributed by atoms with van der Waals surface area (Å²) in [4.78, 5) is 12.2. The largest absolute Gasteiger partial charge is 0.494 e. The first-order valence-corrected chi connectivity index (χ1v) is 10.9. The van der Waals surface area contributed by atoms with E-state index < -0.39 is 21.7 Å². The van der Waals surface area contributed by atoms with E-state index in [2.05, 4.69) is 5.32 Å². The lowest BCUT2D eigenvalue weighted by atomic mass is 10.1. The van der Waals surface area contributed by atoms with Gasteiger partial charge in [-0.2, -0.15) is 0 Å². The maximum absolute atomic E-state index is 13.1. The van der Waals surface area contributed by atoms with Crippen molar-refractivity contribution < 1.29 is 22.3 Å². The summed E-state index contributed by atoms with van der Waals surface area (Å²) in [6, 6.07) is 12.7. The lowest BCUT2D eigenvalue weighted by molar-refractivity contribution is -0.119. The van der Waals surface area contributed by atoms with Crippen LogP contribution >= 0.6 is 0 Å². The summed E-state index contributed by atoms with van der Waals surface area (Å²) in [7, 11) is -3.68. The number of carbonyl (C=O) groups is 1. The molecule has 0 atom stereocenters. The number of aryl methyl sites for hydroxylation is 1. The van der Waals surface area contributed by atoms with Crippen LogP contribution in [0, 0.1) is 5.82 Å². The number of halogens is 1. The third kappa shape index (κ3) is 6.53. The monoisotopic (exact) mass is 408 g/mol. The second kappa shape index (κ2) is 10.1. The number of para-hydroxylation sites is 1. The fraction of sp³-hybridized carbons (Fsp3) is 0.350. The molecule has 0 aliphatic carbocycles. The summed E-state index contributed by atoms with van der Waals surface area (Å²) in [6.07, 6.45) is 2.42. The molecule has 0 bridgehead atoms. The van der Waals surface area contributed by atoms with E-state index >= 15 is 0 Å². The molecule has 0 unspecified atom stereocenters. The zero-order valence-corrected chi connectivity index (χ0v) is 16.8. The molecule has 1 N–H and O–H groups in total. The van der Waals surface area contributed by atoms with Gasteiger partial charge in [0.1, 0.15) is 18.1 Å². The number of nitrogens with one attached hydrogen (secondary N) is 1. The minimum Gasteiger partial charge on any atom is -0.494 e. The zero-order chi connectivity index (χ0) is 20.6. The molecule has 0 spiro atoms. The van der Waals surface area contributed by atoms with Crippen LogP contribution in [0.4, 0.5) is 10.1 Å². The van der Waals surface area contributed by atoms with Gasteiger partial charge < -0.3 is 10.1 Å². The van der Waals surface area contributed by atoms with Gasteiger partial charge in [0, 0.05) is 6.54 Å². The number of sulfonamides is 1. The van der Waals surface area contributed by atoms with E-state index in [1.165, 1.54) is 12.1 Å². The van der Waals surface area contributed by atoms with Crippen molar-refractivity contribution in [2.24, 2.45) is 0 Å². The Morgan fingerprint density at radius 1 is 1.14 bits per heavy atom. The number of anilines is 1. The zero-order valence-electron chi connectivity index (χ0n) is 16.0. The third-order valence-electron chi connectivity index (χ3n) is 4.02. The second-order valence-corrected chi connectivity index (χ2v) is 8.15. The number of benzene rings is 2. The van der Waals surface area contributed by atoms with Crippen molar-refractivity contribution in [2.75, 3.05) is 30.3 Å². The molecule has 0 saturated carbocycles. The number of hydrogen-bond acceptors (Lipinski definition) is 4. The van der Waals surface area contributed by atoms with Crippen molar-refractivity contribution in [3.8, 4) is 5.75 Å². The van der Waals surface area contributed by atoms with Gasteiger partial charge in [0.05, 0.1) is 18.6 Å². The van der Waals surface area contributed by atoms with E-state index in [1.807, 2.05) is 31.2 Å². The Morgan fingerprint density at radius 3 is 2.46 bits per heavy atom. The van der Waals surface area contributed by atoms with Gasteiger partial charge in [-0.1, -0.05) is 18.2 Å². The molecule has 2 aromatic rings. The van der Waals surface area contributed by atoms with Crippen LogP contribution < -0.4 is 14.4 Å². The molecule has 1 amide bonds. The molecule has 0 fully saturated rings. The van der Waals surface area contributed by atoms with E-state index in [4.69, 9.17) is 4.74 Å². The van der Waals surface area contributed by atoms with Crippen molar-refractivity contribution in [2.45, 2.75) is 19.8 Å². The predicted octanol–water partition coefficient (Wildman–Crippen LogP) is 2.74. The maximum Gasteiger partial charge on any atom is 0.240 e. The standard InChI is InChI=1S/C20H25FN2O4S/c1-3-27-19-9-5-4-7-16(19)8-6-14-22-20(24)15-23(28(2,25)26)18-12-10-17(21)11-13-18/h4-5,7,9-13H,3,6,8,14-15H2,1-2H3,(H,22,24). The molecule has 0 aromatic heterocycles. The molecule has 28 heavy (non-hydrogen) atoms. The van der Waals surface area contributed by atoms with Crippen molar-refractivity contribution >= 4 is 21.6 Å². The number of carbonyl (C=O) groups excluding carboxylic acids is 1. The summed E-state index contributed by atoms with van der Waals surface area (Å²) in [6.45, 7) is 2.55. The molecule has 6 nitrogen and oxygen atoms in total. The van der Waals surface area contributed by atoms with E-state index in [0.29, 0.717) is 19.6 Å². The van der Waals surface area contributed by atoms with Crippen LogP contribution in [0.1, 0.15) is 18.9 Å². The smallest absolute Gasteiger partial charge is 0.240 e. The maximum atomic E-state index is 13.1. The molecule has 0 aliphatic heterocycles. The van der Waals surface area contributed by atoms with Crippen molar-refractivity contribution in [1.29, 1.82) is 0 Å². The molecule has 2 rings (SSSR count).